The summed E-state index contributed by atoms with van der Waals surface area (Å²) in [5, 5.41) is 11.4. The smallest absolute Gasteiger partial charge is 0.224 e. The van der Waals surface area contributed by atoms with Gasteiger partial charge in [0.05, 0.1) is 24.7 Å². The number of hydrogen-bond acceptors (Lipinski definition) is 3. The summed E-state index contributed by atoms with van der Waals surface area (Å²) in [4.78, 5) is 11.5. The van der Waals surface area contributed by atoms with E-state index in [0.29, 0.717) is 31.7 Å². The molecule has 90 valence electrons. The molecule has 0 fully saturated rings. The van der Waals surface area contributed by atoms with Crippen LogP contribution in [0.15, 0.2) is 24.3 Å². The van der Waals surface area contributed by atoms with Crippen molar-refractivity contribution in [2.75, 3.05) is 19.8 Å². The summed E-state index contributed by atoms with van der Waals surface area (Å²) in [6.45, 7) is 3.64. The first-order valence-corrected chi connectivity index (χ1v) is 5.59. The highest BCUT2D eigenvalue weighted by Gasteiger charge is 2.02. The number of nitriles is 1. The van der Waals surface area contributed by atoms with Crippen LogP contribution in [0.5, 0.6) is 0 Å². The Labute approximate surface area is 101 Å². The largest absolute Gasteiger partial charge is 0.380 e. The Hall–Kier alpha value is -1.86. The third-order valence-corrected chi connectivity index (χ3v) is 2.22. The topological polar surface area (TPSA) is 62.1 Å². The molecule has 0 spiro atoms. The van der Waals surface area contributed by atoms with Crippen LogP contribution in [0.25, 0.3) is 0 Å². The number of nitrogens with zero attached hydrogens (tertiary/aromatic N) is 1. The summed E-state index contributed by atoms with van der Waals surface area (Å²) >= 11 is 0. The van der Waals surface area contributed by atoms with Gasteiger partial charge < -0.3 is 10.1 Å². The molecule has 0 unspecified atom stereocenters. The van der Waals surface area contributed by atoms with E-state index in [1.54, 1.807) is 24.3 Å². The standard InChI is InChI=1S/C13H16N2O2/c1-2-17-8-7-15-13(16)9-11-3-5-12(10-14)6-4-11/h3-6H,2,7-9H2,1H3,(H,15,16). The van der Waals surface area contributed by atoms with Crippen LogP contribution in [0.1, 0.15) is 18.1 Å². The second-order valence-corrected chi connectivity index (χ2v) is 3.53. The number of amides is 1. The minimum atomic E-state index is -0.0330. The van der Waals surface area contributed by atoms with Crippen molar-refractivity contribution >= 4 is 5.91 Å². The zero-order chi connectivity index (χ0) is 12.5. The summed E-state index contributed by atoms with van der Waals surface area (Å²) in [6.07, 6.45) is 0.331. The second-order valence-electron chi connectivity index (χ2n) is 3.53. The number of benzene rings is 1. The van der Waals surface area contributed by atoms with Crippen molar-refractivity contribution in [3.63, 3.8) is 0 Å². The van der Waals surface area contributed by atoms with Gasteiger partial charge >= 0.3 is 0 Å². The molecule has 0 aliphatic rings. The van der Waals surface area contributed by atoms with E-state index >= 15 is 0 Å². The summed E-state index contributed by atoms with van der Waals surface area (Å²) in [7, 11) is 0. The molecule has 1 rings (SSSR count). The molecule has 1 N–H and O–H groups in total. The molecule has 0 radical (unpaired) electrons. The molecule has 0 saturated heterocycles. The van der Waals surface area contributed by atoms with Gasteiger partial charge in [-0.25, -0.2) is 0 Å². The fraction of sp³-hybridized carbons (Fsp3) is 0.385. The molecular weight excluding hydrogens is 216 g/mol. The van der Waals surface area contributed by atoms with Crippen LogP contribution in [-0.4, -0.2) is 25.7 Å². The highest BCUT2D eigenvalue weighted by atomic mass is 16.5. The molecule has 17 heavy (non-hydrogen) atoms. The highest BCUT2D eigenvalue weighted by molar-refractivity contribution is 5.78. The van der Waals surface area contributed by atoms with E-state index in [1.165, 1.54) is 0 Å². The van der Waals surface area contributed by atoms with Crippen LogP contribution >= 0.6 is 0 Å². The minimum absolute atomic E-state index is 0.0330. The van der Waals surface area contributed by atoms with Crippen LogP contribution in [0.2, 0.25) is 0 Å². The van der Waals surface area contributed by atoms with Gasteiger partial charge in [0.15, 0.2) is 0 Å². The SMILES string of the molecule is CCOCCNC(=O)Cc1ccc(C#N)cc1. The van der Waals surface area contributed by atoms with Crippen molar-refractivity contribution in [1.29, 1.82) is 5.26 Å². The number of carbonyl (C=O) groups is 1. The number of nitrogens with one attached hydrogen (secondary N) is 1. The average Bonchev–Trinajstić information content (AvgIpc) is 2.36. The van der Waals surface area contributed by atoms with Crippen molar-refractivity contribution in [1.82, 2.24) is 5.32 Å². The Bertz CT molecular complexity index is 393. The summed E-state index contributed by atoms with van der Waals surface area (Å²) in [6, 6.07) is 9.05. The van der Waals surface area contributed by atoms with E-state index in [2.05, 4.69) is 5.32 Å². The molecule has 0 saturated carbocycles. The number of ether oxygens (including phenoxy) is 1. The van der Waals surface area contributed by atoms with Crippen LogP contribution < -0.4 is 5.32 Å². The molecule has 0 aromatic heterocycles. The Morgan fingerprint density at radius 1 is 1.41 bits per heavy atom. The maximum Gasteiger partial charge on any atom is 0.224 e. The van der Waals surface area contributed by atoms with Gasteiger partial charge in [-0.05, 0) is 24.6 Å². The van der Waals surface area contributed by atoms with E-state index in [0.717, 1.165) is 5.56 Å². The fourth-order valence-corrected chi connectivity index (χ4v) is 1.35. The molecular formula is C13H16N2O2. The van der Waals surface area contributed by atoms with Gasteiger partial charge in [-0.2, -0.15) is 5.26 Å². The predicted molar refractivity (Wildman–Crippen MR) is 64.4 cm³/mol. The number of hydrogen-bond donors (Lipinski definition) is 1. The van der Waals surface area contributed by atoms with Crippen molar-refractivity contribution in [2.24, 2.45) is 0 Å². The van der Waals surface area contributed by atoms with Crippen LogP contribution in [0.4, 0.5) is 0 Å². The zero-order valence-electron chi connectivity index (χ0n) is 9.90. The Morgan fingerprint density at radius 3 is 2.71 bits per heavy atom. The summed E-state index contributed by atoms with van der Waals surface area (Å²) < 4.78 is 5.11. The van der Waals surface area contributed by atoms with E-state index in [-0.39, 0.29) is 5.91 Å². The quantitative estimate of drug-likeness (QED) is 0.751. The highest BCUT2D eigenvalue weighted by Crippen LogP contribution is 2.03. The van der Waals surface area contributed by atoms with Crippen molar-refractivity contribution in [3.8, 4) is 6.07 Å². The monoisotopic (exact) mass is 232 g/mol. The molecule has 0 aliphatic heterocycles. The van der Waals surface area contributed by atoms with Gasteiger partial charge in [0.25, 0.3) is 0 Å². The van der Waals surface area contributed by atoms with E-state index < -0.39 is 0 Å². The van der Waals surface area contributed by atoms with Crippen molar-refractivity contribution < 1.29 is 9.53 Å². The molecule has 1 amide bonds. The van der Waals surface area contributed by atoms with Gasteiger partial charge in [-0.1, -0.05) is 12.1 Å². The molecule has 1 aromatic carbocycles. The number of rotatable bonds is 6. The van der Waals surface area contributed by atoms with E-state index in [4.69, 9.17) is 10.00 Å². The Morgan fingerprint density at radius 2 is 2.12 bits per heavy atom. The summed E-state index contributed by atoms with van der Waals surface area (Å²) in [5.74, 6) is -0.0330. The van der Waals surface area contributed by atoms with Crippen LogP contribution in [-0.2, 0) is 16.0 Å². The average molecular weight is 232 g/mol. The maximum atomic E-state index is 11.5. The van der Waals surface area contributed by atoms with Gasteiger partial charge in [-0.15, -0.1) is 0 Å². The van der Waals surface area contributed by atoms with Gasteiger partial charge in [-0.3, -0.25) is 4.79 Å². The zero-order valence-corrected chi connectivity index (χ0v) is 9.90. The van der Waals surface area contributed by atoms with Gasteiger partial charge in [0.1, 0.15) is 0 Å². The normalized spacial score (nSPS) is 9.65. The van der Waals surface area contributed by atoms with Crippen LogP contribution in [0, 0.1) is 11.3 Å². The third kappa shape index (κ3) is 5.14. The van der Waals surface area contributed by atoms with Crippen molar-refractivity contribution in [3.05, 3.63) is 35.4 Å². The lowest BCUT2D eigenvalue weighted by atomic mass is 10.1. The molecule has 0 bridgehead atoms. The fourth-order valence-electron chi connectivity index (χ4n) is 1.35. The minimum Gasteiger partial charge on any atom is -0.380 e. The lowest BCUT2D eigenvalue weighted by Gasteiger charge is -2.05. The van der Waals surface area contributed by atoms with Gasteiger partial charge in [0, 0.05) is 13.2 Å². The van der Waals surface area contributed by atoms with E-state index in [9.17, 15) is 4.79 Å². The molecule has 0 heterocycles. The Balaban J connectivity index is 2.32. The number of carbonyl (C=O) groups excluding carboxylic acids is 1. The first-order valence-electron chi connectivity index (χ1n) is 5.59. The summed E-state index contributed by atoms with van der Waals surface area (Å²) in [5.41, 5.74) is 1.50. The first kappa shape index (κ1) is 13.2. The van der Waals surface area contributed by atoms with Crippen LogP contribution in [0.3, 0.4) is 0 Å². The third-order valence-electron chi connectivity index (χ3n) is 2.22. The van der Waals surface area contributed by atoms with E-state index in [1.807, 2.05) is 13.0 Å². The first-order chi connectivity index (χ1) is 8.26. The molecule has 0 atom stereocenters. The lowest BCUT2D eigenvalue weighted by Crippen LogP contribution is -2.28. The van der Waals surface area contributed by atoms with Gasteiger partial charge in [0.2, 0.25) is 5.91 Å². The molecule has 1 aromatic rings. The Kier molecular flexibility index (Phi) is 5.76. The molecule has 4 nitrogen and oxygen atoms in total. The maximum absolute atomic E-state index is 11.5. The predicted octanol–water partition coefficient (Wildman–Crippen LogP) is 1.25. The second kappa shape index (κ2) is 7.42. The molecule has 0 aliphatic carbocycles. The molecule has 4 heteroatoms. The van der Waals surface area contributed by atoms with Crippen molar-refractivity contribution in [2.45, 2.75) is 13.3 Å². The lowest BCUT2D eigenvalue weighted by molar-refractivity contribution is -0.120.